The monoisotopic (exact) mass is 237 g/mol. The van der Waals surface area contributed by atoms with Crippen LogP contribution in [0.5, 0.6) is 0 Å². The third-order valence-corrected chi connectivity index (χ3v) is 3.39. The van der Waals surface area contributed by atoms with Gasteiger partial charge in [0.15, 0.2) is 0 Å². The van der Waals surface area contributed by atoms with Gasteiger partial charge in [0.1, 0.15) is 5.76 Å². The molecule has 0 aliphatic carbocycles. The molecule has 0 spiro atoms. The van der Waals surface area contributed by atoms with Crippen LogP contribution in [0.3, 0.4) is 0 Å². The molecule has 0 radical (unpaired) electrons. The maximum atomic E-state index is 9.03. The summed E-state index contributed by atoms with van der Waals surface area (Å²) in [5.74, 6) is 0.916. The molecule has 2 N–H and O–H groups in total. The maximum Gasteiger partial charge on any atom is 0.117 e. The van der Waals surface area contributed by atoms with Crippen molar-refractivity contribution in [3.05, 3.63) is 46.5 Å². The van der Waals surface area contributed by atoms with Crippen LogP contribution in [-0.2, 0) is 6.54 Å². The van der Waals surface area contributed by atoms with Gasteiger partial charge in [-0.1, -0.05) is 6.07 Å². The zero-order valence-corrected chi connectivity index (χ0v) is 9.74. The molecule has 2 heterocycles. The second kappa shape index (κ2) is 5.84. The van der Waals surface area contributed by atoms with Gasteiger partial charge in [-0.25, -0.2) is 0 Å². The minimum atomic E-state index is 0.188. The summed E-state index contributed by atoms with van der Waals surface area (Å²) in [5.41, 5.74) is 0. The lowest BCUT2D eigenvalue weighted by Gasteiger charge is -2.15. The van der Waals surface area contributed by atoms with Gasteiger partial charge in [0.05, 0.1) is 12.8 Å². The first-order chi connectivity index (χ1) is 7.90. The van der Waals surface area contributed by atoms with Crippen molar-refractivity contribution < 1.29 is 9.52 Å². The predicted octanol–water partition coefficient (Wildman–Crippen LogP) is 2.55. The second-order valence-corrected chi connectivity index (χ2v) is 4.52. The highest BCUT2D eigenvalue weighted by atomic mass is 32.1. The number of aliphatic hydroxyl groups is 1. The van der Waals surface area contributed by atoms with Crippen LogP contribution in [0.4, 0.5) is 0 Å². The van der Waals surface area contributed by atoms with Gasteiger partial charge < -0.3 is 14.8 Å². The van der Waals surface area contributed by atoms with Crippen LogP contribution in [0.25, 0.3) is 0 Å². The molecule has 0 fully saturated rings. The number of hydrogen-bond donors (Lipinski definition) is 2. The van der Waals surface area contributed by atoms with Crippen molar-refractivity contribution in [3.63, 3.8) is 0 Å². The number of rotatable bonds is 6. The fourth-order valence-corrected chi connectivity index (χ4v) is 2.44. The van der Waals surface area contributed by atoms with Gasteiger partial charge in [-0.05, 0) is 30.0 Å². The van der Waals surface area contributed by atoms with Gasteiger partial charge in [-0.2, -0.15) is 0 Å². The highest BCUT2D eigenvalue weighted by Gasteiger charge is 2.11. The Hall–Kier alpha value is -1.10. The Morgan fingerprint density at radius 1 is 1.38 bits per heavy atom. The Labute approximate surface area is 98.7 Å². The van der Waals surface area contributed by atoms with Crippen molar-refractivity contribution in [1.29, 1.82) is 0 Å². The van der Waals surface area contributed by atoms with E-state index in [0.717, 1.165) is 12.2 Å². The van der Waals surface area contributed by atoms with Crippen LogP contribution >= 0.6 is 11.3 Å². The summed E-state index contributed by atoms with van der Waals surface area (Å²) < 4.78 is 5.26. The van der Waals surface area contributed by atoms with Gasteiger partial charge in [-0.15, -0.1) is 11.3 Å². The third-order valence-electron chi connectivity index (χ3n) is 2.41. The molecule has 0 saturated heterocycles. The summed E-state index contributed by atoms with van der Waals surface area (Å²) in [7, 11) is 0. The lowest BCUT2D eigenvalue weighted by molar-refractivity contribution is 0.264. The summed E-state index contributed by atoms with van der Waals surface area (Å²) >= 11 is 1.70. The first kappa shape index (κ1) is 11.4. The topological polar surface area (TPSA) is 45.4 Å². The molecule has 0 bridgehead atoms. The highest BCUT2D eigenvalue weighted by Crippen LogP contribution is 2.22. The number of hydrogen-bond acceptors (Lipinski definition) is 4. The standard InChI is InChI=1S/C12H15NO2S/c14-6-5-11(12-4-2-8-16-12)13-9-10-3-1-7-15-10/h1-4,7-8,11,13-14H,5-6,9H2. The molecule has 0 amide bonds. The van der Waals surface area contributed by atoms with Gasteiger partial charge in [0.2, 0.25) is 0 Å². The average molecular weight is 237 g/mol. The molecule has 1 unspecified atom stereocenters. The zero-order chi connectivity index (χ0) is 11.2. The predicted molar refractivity (Wildman–Crippen MR) is 64.3 cm³/mol. The molecule has 0 saturated carbocycles. The molecular weight excluding hydrogens is 222 g/mol. The van der Waals surface area contributed by atoms with Gasteiger partial charge in [-0.3, -0.25) is 0 Å². The minimum Gasteiger partial charge on any atom is -0.468 e. The van der Waals surface area contributed by atoms with E-state index in [-0.39, 0.29) is 12.6 Å². The van der Waals surface area contributed by atoms with Crippen LogP contribution in [0.15, 0.2) is 40.3 Å². The molecule has 0 aliphatic heterocycles. The van der Waals surface area contributed by atoms with Crippen LogP contribution in [-0.4, -0.2) is 11.7 Å². The average Bonchev–Trinajstić information content (AvgIpc) is 2.96. The molecule has 0 aliphatic rings. The van der Waals surface area contributed by atoms with Crippen molar-refractivity contribution in [1.82, 2.24) is 5.32 Å². The normalized spacial score (nSPS) is 12.8. The second-order valence-electron chi connectivity index (χ2n) is 3.54. The van der Waals surface area contributed by atoms with Crippen molar-refractivity contribution in [3.8, 4) is 0 Å². The van der Waals surface area contributed by atoms with Crippen molar-refractivity contribution in [2.75, 3.05) is 6.61 Å². The number of thiophene rings is 1. The molecule has 2 rings (SSSR count). The quantitative estimate of drug-likeness (QED) is 0.811. The van der Waals surface area contributed by atoms with Crippen LogP contribution in [0.2, 0.25) is 0 Å². The van der Waals surface area contributed by atoms with Crippen LogP contribution < -0.4 is 5.32 Å². The van der Waals surface area contributed by atoms with Crippen molar-refractivity contribution >= 4 is 11.3 Å². The summed E-state index contributed by atoms with van der Waals surface area (Å²) in [4.78, 5) is 1.25. The Balaban J connectivity index is 1.93. The van der Waals surface area contributed by atoms with Crippen LogP contribution in [0.1, 0.15) is 23.1 Å². The van der Waals surface area contributed by atoms with E-state index in [1.165, 1.54) is 4.88 Å². The highest BCUT2D eigenvalue weighted by molar-refractivity contribution is 7.10. The molecule has 86 valence electrons. The summed E-state index contributed by atoms with van der Waals surface area (Å²) in [6, 6.07) is 8.13. The minimum absolute atomic E-state index is 0.188. The Bertz CT molecular complexity index is 383. The molecule has 1 atom stereocenters. The largest absolute Gasteiger partial charge is 0.468 e. The molecule has 0 aromatic carbocycles. The smallest absolute Gasteiger partial charge is 0.117 e. The summed E-state index contributed by atoms with van der Waals surface area (Å²) in [5, 5.41) is 14.5. The Kier molecular flexibility index (Phi) is 4.16. The van der Waals surface area contributed by atoms with Gasteiger partial charge in [0, 0.05) is 17.5 Å². The van der Waals surface area contributed by atoms with E-state index in [9.17, 15) is 0 Å². The first-order valence-electron chi connectivity index (χ1n) is 5.30. The van der Waals surface area contributed by atoms with E-state index in [1.807, 2.05) is 23.6 Å². The fourth-order valence-electron chi connectivity index (χ4n) is 1.60. The maximum absolute atomic E-state index is 9.03. The van der Waals surface area contributed by atoms with E-state index in [2.05, 4.69) is 11.4 Å². The zero-order valence-electron chi connectivity index (χ0n) is 8.93. The van der Waals surface area contributed by atoms with Gasteiger partial charge in [0.25, 0.3) is 0 Å². The molecule has 2 aromatic heterocycles. The molecule has 3 nitrogen and oxygen atoms in total. The summed E-state index contributed by atoms with van der Waals surface area (Å²) in [6.07, 6.45) is 2.39. The van der Waals surface area contributed by atoms with E-state index < -0.39 is 0 Å². The molecular formula is C12H15NO2S. The SMILES string of the molecule is OCCC(NCc1ccco1)c1cccs1. The van der Waals surface area contributed by atoms with E-state index in [4.69, 9.17) is 9.52 Å². The fraction of sp³-hybridized carbons (Fsp3) is 0.333. The van der Waals surface area contributed by atoms with Crippen molar-refractivity contribution in [2.45, 2.75) is 19.0 Å². The Morgan fingerprint density at radius 2 is 2.31 bits per heavy atom. The van der Waals surface area contributed by atoms with E-state index >= 15 is 0 Å². The summed E-state index contributed by atoms with van der Waals surface area (Å²) in [6.45, 7) is 0.878. The molecule has 16 heavy (non-hydrogen) atoms. The lowest BCUT2D eigenvalue weighted by atomic mass is 10.2. The van der Waals surface area contributed by atoms with Crippen LogP contribution in [0, 0.1) is 0 Å². The Morgan fingerprint density at radius 3 is 2.94 bits per heavy atom. The molecule has 4 heteroatoms. The van der Waals surface area contributed by atoms with Crippen molar-refractivity contribution in [2.24, 2.45) is 0 Å². The van der Waals surface area contributed by atoms with E-state index in [1.54, 1.807) is 17.6 Å². The van der Waals surface area contributed by atoms with Gasteiger partial charge >= 0.3 is 0 Å². The molecule has 2 aromatic rings. The van der Waals surface area contributed by atoms with E-state index in [0.29, 0.717) is 6.54 Å². The number of furan rings is 1. The first-order valence-corrected chi connectivity index (χ1v) is 6.18. The third kappa shape index (κ3) is 2.95. The number of nitrogens with one attached hydrogen (secondary N) is 1. The lowest BCUT2D eigenvalue weighted by Crippen LogP contribution is -2.20. The number of aliphatic hydroxyl groups excluding tert-OH is 1.